The normalized spacial score (nSPS) is 14.0. The second-order valence-corrected chi connectivity index (χ2v) is 7.95. The molecule has 0 aromatic heterocycles. The summed E-state index contributed by atoms with van der Waals surface area (Å²) in [5, 5.41) is 0. The van der Waals surface area contributed by atoms with Crippen LogP contribution in [-0.4, -0.2) is 30.3 Å². The molecule has 160 valence electrons. The van der Waals surface area contributed by atoms with Gasteiger partial charge in [-0.25, -0.2) is 0 Å². The van der Waals surface area contributed by atoms with Crippen LogP contribution in [0.2, 0.25) is 0 Å². The average Bonchev–Trinajstić information content (AvgIpc) is 2.82. The van der Waals surface area contributed by atoms with Crippen LogP contribution in [0.1, 0.15) is 47.2 Å². The summed E-state index contributed by atoms with van der Waals surface area (Å²) < 4.78 is 0. The first-order valence-electron chi connectivity index (χ1n) is 10.9. The monoisotopic (exact) mass is 431 g/mol. The molecule has 2 nitrogen and oxygen atoms in total. The van der Waals surface area contributed by atoms with E-state index in [-0.39, 0.29) is 18.2 Å². The van der Waals surface area contributed by atoms with E-state index in [1.165, 1.54) is 16.7 Å². The smallest absolute Gasteiger partial charge is 0.162 e. The van der Waals surface area contributed by atoms with Crippen LogP contribution in [-0.2, 0) is 0 Å². The van der Waals surface area contributed by atoms with E-state index in [1.54, 1.807) is 5.57 Å². The van der Waals surface area contributed by atoms with E-state index in [1.807, 2.05) is 30.3 Å². The molecule has 4 rings (SSSR count). The average molecular weight is 432 g/mol. The lowest BCUT2D eigenvalue weighted by molar-refractivity contribution is 0.0974. The summed E-state index contributed by atoms with van der Waals surface area (Å²) >= 11 is 0. The molecule has 1 fully saturated rings. The van der Waals surface area contributed by atoms with Crippen LogP contribution < -0.4 is 0 Å². The van der Waals surface area contributed by atoms with Crippen molar-refractivity contribution in [2.75, 3.05) is 19.6 Å². The van der Waals surface area contributed by atoms with Gasteiger partial charge < -0.3 is 4.90 Å². The lowest BCUT2D eigenvalue weighted by Crippen LogP contribution is -2.32. The third kappa shape index (κ3) is 6.16. The summed E-state index contributed by atoms with van der Waals surface area (Å²) in [7, 11) is 0. The van der Waals surface area contributed by atoms with E-state index in [0.29, 0.717) is 6.42 Å². The van der Waals surface area contributed by atoms with Crippen molar-refractivity contribution < 1.29 is 4.79 Å². The summed E-state index contributed by atoms with van der Waals surface area (Å²) in [6, 6.07) is 31.2. The Kier molecular flexibility index (Phi) is 8.63. The molecule has 1 saturated heterocycles. The number of carbonyl (C=O) groups excluding carboxylic acids is 1. The van der Waals surface area contributed by atoms with E-state index in [9.17, 15) is 4.79 Å². The van der Waals surface area contributed by atoms with Crippen molar-refractivity contribution in [1.82, 2.24) is 4.90 Å². The Morgan fingerprint density at radius 2 is 1.13 bits per heavy atom. The van der Waals surface area contributed by atoms with Crippen LogP contribution in [0.3, 0.4) is 0 Å². The van der Waals surface area contributed by atoms with Gasteiger partial charge in [-0.3, -0.25) is 4.79 Å². The van der Waals surface area contributed by atoms with E-state index in [2.05, 4.69) is 65.6 Å². The Balaban J connectivity index is 0.00000272. The second-order valence-electron chi connectivity index (χ2n) is 7.95. The summed E-state index contributed by atoms with van der Waals surface area (Å²) in [5.41, 5.74) is 6.39. The van der Waals surface area contributed by atoms with E-state index in [0.717, 1.165) is 44.5 Å². The van der Waals surface area contributed by atoms with Gasteiger partial charge in [0.15, 0.2) is 5.78 Å². The van der Waals surface area contributed by atoms with Crippen LogP contribution in [0.15, 0.2) is 96.6 Å². The van der Waals surface area contributed by atoms with Gasteiger partial charge in [-0.1, -0.05) is 96.6 Å². The number of benzene rings is 3. The molecule has 0 saturated carbocycles. The second kappa shape index (κ2) is 11.6. The van der Waals surface area contributed by atoms with Gasteiger partial charge >= 0.3 is 0 Å². The van der Waals surface area contributed by atoms with Gasteiger partial charge in [0.25, 0.3) is 0 Å². The molecule has 1 aliphatic rings. The molecule has 0 unspecified atom stereocenters. The highest BCUT2D eigenvalue weighted by atomic mass is 35.5. The SMILES string of the molecule is Cl.O=C(CCCN1CCC(=C(c2ccccc2)c2ccccc2)CC1)c1ccccc1. The molecule has 0 bridgehead atoms. The van der Waals surface area contributed by atoms with Crippen LogP contribution >= 0.6 is 12.4 Å². The molecule has 0 atom stereocenters. The van der Waals surface area contributed by atoms with Crippen LogP contribution in [0, 0.1) is 0 Å². The molecule has 0 spiro atoms. The van der Waals surface area contributed by atoms with Crippen molar-refractivity contribution in [3.05, 3.63) is 113 Å². The first-order chi connectivity index (χ1) is 14.8. The van der Waals surface area contributed by atoms with Crippen LogP contribution in [0.25, 0.3) is 5.57 Å². The highest BCUT2D eigenvalue weighted by Crippen LogP contribution is 2.32. The Bertz CT molecular complexity index is 932. The molecule has 3 aromatic carbocycles. The maximum atomic E-state index is 12.3. The minimum absolute atomic E-state index is 0. The summed E-state index contributed by atoms with van der Waals surface area (Å²) in [5.74, 6) is 0.253. The van der Waals surface area contributed by atoms with Gasteiger partial charge in [-0.05, 0) is 42.5 Å². The maximum Gasteiger partial charge on any atom is 0.162 e. The van der Waals surface area contributed by atoms with Crippen molar-refractivity contribution in [2.24, 2.45) is 0 Å². The van der Waals surface area contributed by atoms with Crippen molar-refractivity contribution >= 4 is 23.8 Å². The lowest BCUT2D eigenvalue weighted by Gasteiger charge is -2.30. The van der Waals surface area contributed by atoms with E-state index in [4.69, 9.17) is 0 Å². The number of halogens is 1. The van der Waals surface area contributed by atoms with Crippen LogP contribution in [0.4, 0.5) is 0 Å². The summed E-state index contributed by atoms with van der Waals surface area (Å²) in [6.45, 7) is 3.13. The Hall–Kier alpha value is -2.68. The number of rotatable bonds is 7. The Morgan fingerprint density at radius 3 is 1.61 bits per heavy atom. The number of carbonyl (C=O) groups is 1. The molecule has 0 N–H and O–H groups in total. The molecule has 3 aromatic rings. The quantitative estimate of drug-likeness (QED) is 0.389. The van der Waals surface area contributed by atoms with Crippen molar-refractivity contribution in [2.45, 2.75) is 25.7 Å². The fourth-order valence-electron chi connectivity index (χ4n) is 4.31. The first kappa shape index (κ1) is 23.0. The van der Waals surface area contributed by atoms with Crippen molar-refractivity contribution in [1.29, 1.82) is 0 Å². The van der Waals surface area contributed by atoms with Crippen molar-refractivity contribution in [3.63, 3.8) is 0 Å². The maximum absolute atomic E-state index is 12.3. The molecule has 0 radical (unpaired) electrons. The van der Waals surface area contributed by atoms with Gasteiger partial charge in [0.1, 0.15) is 0 Å². The summed E-state index contributed by atoms with van der Waals surface area (Å²) in [6.07, 6.45) is 3.73. The molecule has 31 heavy (non-hydrogen) atoms. The van der Waals surface area contributed by atoms with E-state index >= 15 is 0 Å². The zero-order valence-corrected chi connectivity index (χ0v) is 18.7. The molecule has 1 heterocycles. The number of likely N-dealkylation sites (tertiary alicyclic amines) is 1. The van der Waals surface area contributed by atoms with Gasteiger partial charge in [0, 0.05) is 25.1 Å². The Morgan fingerprint density at radius 1 is 0.677 bits per heavy atom. The zero-order chi connectivity index (χ0) is 20.6. The summed E-state index contributed by atoms with van der Waals surface area (Å²) in [4.78, 5) is 14.8. The Labute approximate surface area is 192 Å². The lowest BCUT2D eigenvalue weighted by atomic mass is 9.88. The molecular weight excluding hydrogens is 402 g/mol. The van der Waals surface area contributed by atoms with Gasteiger partial charge in [-0.15, -0.1) is 12.4 Å². The standard InChI is InChI=1S/C28H29NO.ClH/c30-27(23-11-4-1-5-12-23)17-10-20-29-21-18-26(19-22-29)28(24-13-6-2-7-14-24)25-15-8-3-9-16-25;/h1-9,11-16H,10,17-22H2;1H. The van der Waals surface area contributed by atoms with E-state index < -0.39 is 0 Å². The third-order valence-electron chi connectivity index (χ3n) is 5.91. The molecular formula is C28H30ClNO. The number of hydrogen-bond acceptors (Lipinski definition) is 2. The number of nitrogens with zero attached hydrogens (tertiary/aromatic N) is 1. The highest BCUT2D eigenvalue weighted by Gasteiger charge is 2.19. The largest absolute Gasteiger partial charge is 0.303 e. The predicted octanol–water partition coefficient (Wildman–Crippen LogP) is 6.67. The minimum Gasteiger partial charge on any atom is -0.303 e. The zero-order valence-electron chi connectivity index (χ0n) is 17.9. The van der Waals surface area contributed by atoms with Gasteiger partial charge in [0.05, 0.1) is 0 Å². The van der Waals surface area contributed by atoms with Crippen LogP contribution in [0.5, 0.6) is 0 Å². The van der Waals surface area contributed by atoms with Gasteiger partial charge in [0.2, 0.25) is 0 Å². The molecule has 1 aliphatic heterocycles. The fraction of sp³-hybridized carbons (Fsp3) is 0.250. The third-order valence-corrected chi connectivity index (χ3v) is 5.91. The minimum atomic E-state index is 0. The fourth-order valence-corrected chi connectivity index (χ4v) is 4.31. The first-order valence-corrected chi connectivity index (χ1v) is 10.9. The molecule has 3 heteroatoms. The molecule has 0 aliphatic carbocycles. The number of piperidine rings is 1. The predicted molar refractivity (Wildman–Crippen MR) is 132 cm³/mol. The number of Topliss-reactive ketones (excluding diaryl/α,β-unsaturated/α-hetero) is 1. The van der Waals surface area contributed by atoms with Gasteiger partial charge in [-0.2, -0.15) is 0 Å². The topological polar surface area (TPSA) is 20.3 Å². The highest BCUT2D eigenvalue weighted by molar-refractivity contribution is 5.95. The molecule has 0 amide bonds. The number of hydrogen-bond donors (Lipinski definition) is 0. The number of ketones is 1. The van der Waals surface area contributed by atoms with Crippen molar-refractivity contribution in [3.8, 4) is 0 Å².